The van der Waals surface area contributed by atoms with Crippen LogP contribution >= 0.6 is 0 Å². The van der Waals surface area contributed by atoms with Crippen molar-refractivity contribution in [1.82, 2.24) is 15.1 Å². The number of nitrogens with zero attached hydrogens (tertiary/aromatic N) is 2. The monoisotopic (exact) mass is 269 g/mol. The Morgan fingerprint density at radius 2 is 2.11 bits per heavy atom. The van der Waals surface area contributed by atoms with Gasteiger partial charge in [0.1, 0.15) is 0 Å². The predicted molar refractivity (Wildman–Crippen MR) is 76.6 cm³/mol. The van der Waals surface area contributed by atoms with Crippen LogP contribution in [0.3, 0.4) is 0 Å². The number of aryl methyl sites for hydroxylation is 1. The molecule has 1 heterocycles. The second-order valence-electron chi connectivity index (χ2n) is 4.61. The van der Waals surface area contributed by atoms with Gasteiger partial charge >= 0.3 is 0 Å². The molecule has 0 saturated carbocycles. The summed E-state index contributed by atoms with van der Waals surface area (Å²) in [4.78, 5) is 0. The molecule has 5 heteroatoms. The Bertz CT molecular complexity index is 344. The van der Waals surface area contributed by atoms with Crippen molar-refractivity contribution in [2.45, 2.75) is 45.7 Å². The van der Waals surface area contributed by atoms with Crippen LogP contribution in [0.1, 0.15) is 44.8 Å². The first-order chi connectivity index (χ1) is 9.28. The van der Waals surface area contributed by atoms with Crippen LogP contribution in [0, 0.1) is 0 Å². The van der Waals surface area contributed by atoms with E-state index in [-0.39, 0.29) is 6.04 Å². The SMILES string of the molecule is CCCNC(CCOC)c1c(OC)cnn1CCC. The zero-order chi connectivity index (χ0) is 14.1. The number of methoxy groups -OCH3 is 2. The zero-order valence-corrected chi connectivity index (χ0v) is 12.6. The van der Waals surface area contributed by atoms with Crippen LogP contribution in [-0.2, 0) is 11.3 Å². The summed E-state index contributed by atoms with van der Waals surface area (Å²) in [6, 6.07) is 0.226. The number of nitrogens with one attached hydrogen (secondary N) is 1. The van der Waals surface area contributed by atoms with E-state index in [9.17, 15) is 0 Å². The maximum Gasteiger partial charge on any atom is 0.161 e. The lowest BCUT2D eigenvalue weighted by Gasteiger charge is -2.20. The zero-order valence-electron chi connectivity index (χ0n) is 12.6. The van der Waals surface area contributed by atoms with Crippen LogP contribution in [0.25, 0.3) is 0 Å². The van der Waals surface area contributed by atoms with E-state index in [2.05, 4.69) is 24.3 Å². The van der Waals surface area contributed by atoms with Crippen molar-refractivity contribution >= 4 is 0 Å². The second kappa shape index (κ2) is 8.93. The standard InChI is InChI=1S/C14H27N3O2/c1-5-8-15-12(7-10-18-3)14-13(19-4)11-16-17(14)9-6-2/h11-12,15H,5-10H2,1-4H3. The fraction of sp³-hybridized carbons (Fsp3) is 0.786. The van der Waals surface area contributed by atoms with Crippen LogP contribution in [0.4, 0.5) is 0 Å². The molecule has 19 heavy (non-hydrogen) atoms. The first-order valence-electron chi connectivity index (χ1n) is 7.10. The number of hydrogen-bond donors (Lipinski definition) is 1. The molecule has 1 aromatic rings. The van der Waals surface area contributed by atoms with Crippen molar-refractivity contribution < 1.29 is 9.47 Å². The van der Waals surface area contributed by atoms with Crippen molar-refractivity contribution in [1.29, 1.82) is 0 Å². The lowest BCUT2D eigenvalue weighted by molar-refractivity contribution is 0.180. The third kappa shape index (κ3) is 4.51. The summed E-state index contributed by atoms with van der Waals surface area (Å²) in [5, 5.41) is 7.98. The van der Waals surface area contributed by atoms with Gasteiger partial charge < -0.3 is 14.8 Å². The highest BCUT2D eigenvalue weighted by Crippen LogP contribution is 2.27. The molecule has 5 nitrogen and oxygen atoms in total. The average Bonchev–Trinajstić information content (AvgIpc) is 2.82. The summed E-state index contributed by atoms with van der Waals surface area (Å²) in [7, 11) is 3.43. The first kappa shape index (κ1) is 16.0. The number of rotatable bonds is 10. The maximum atomic E-state index is 5.45. The van der Waals surface area contributed by atoms with Gasteiger partial charge in [-0.05, 0) is 25.8 Å². The minimum absolute atomic E-state index is 0.226. The third-order valence-corrected chi connectivity index (χ3v) is 3.08. The summed E-state index contributed by atoms with van der Waals surface area (Å²) in [5.74, 6) is 0.859. The van der Waals surface area contributed by atoms with Gasteiger partial charge in [-0.1, -0.05) is 13.8 Å². The first-order valence-corrected chi connectivity index (χ1v) is 7.10. The molecule has 1 rings (SSSR count). The summed E-state index contributed by atoms with van der Waals surface area (Å²) in [6.07, 6.45) is 4.89. The Morgan fingerprint density at radius 1 is 1.32 bits per heavy atom. The normalized spacial score (nSPS) is 12.6. The van der Waals surface area contributed by atoms with E-state index in [1.165, 1.54) is 0 Å². The van der Waals surface area contributed by atoms with Gasteiger partial charge in [-0.2, -0.15) is 5.10 Å². The molecule has 0 saturated heterocycles. The van der Waals surface area contributed by atoms with E-state index < -0.39 is 0 Å². The van der Waals surface area contributed by atoms with E-state index in [0.29, 0.717) is 0 Å². The Morgan fingerprint density at radius 3 is 2.68 bits per heavy atom. The molecule has 1 aromatic heterocycles. The second-order valence-corrected chi connectivity index (χ2v) is 4.61. The van der Waals surface area contributed by atoms with Crippen LogP contribution < -0.4 is 10.1 Å². The Balaban J connectivity index is 2.92. The van der Waals surface area contributed by atoms with Gasteiger partial charge in [0, 0.05) is 20.3 Å². The van der Waals surface area contributed by atoms with Gasteiger partial charge in [-0.3, -0.25) is 4.68 Å². The molecule has 0 bridgehead atoms. The maximum absolute atomic E-state index is 5.45. The molecule has 0 fully saturated rings. The third-order valence-electron chi connectivity index (χ3n) is 3.08. The quantitative estimate of drug-likeness (QED) is 0.708. The molecule has 0 radical (unpaired) electrons. The van der Waals surface area contributed by atoms with Crippen molar-refractivity contribution in [3.63, 3.8) is 0 Å². The smallest absolute Gasteiger partial charge is 0.161 e. The summed E-state index contributed by atoms with van der Waals surface area (Å²) >= 11 is 0. The van der Waals surface area contributed by atoms with Crippen LogP contribution in [0.2, 0.25) is 0 Å². The van der Waals surface area contributed by atoms with E-state index in [0.717, 1.165) is 50.4 Å². The van der Waals surface area contributed by atoms with Gasteiger partial charge in [0.15, 0.2) is 5.75 Å². The number of aromatic nitrogens is 2. The highest BCUT2D eigenvalue weighted by Gasteiger charge is 2.21. The van der Waals surface area contributed by atoms with E-state index in [1.807, 2.05) is 4.68 Å². The topological polar surface area (TPSA) is 48.3 Å². The molecule has 1 atom stereocenters. The van der Waals surface area contributed by atoms with Crippen molar-refractivity contribution in [3.8, 4) is 5.75 Å². The molecule has 0 aliphatic carbocycles. The molecule has 0 aromatic carbocycles. The fourth-order valence-corrected chi connectivity index (χ4v) is 2.17. The van der Waals surface area contributed by atoms with Gasteiger partial charge in [0.05, 0.1) is 25.0 Å². The average molecular weight is 269 g/mol. The lowest BCUT2D eigenvalue weighted by atomic mass is 10.1. The fourth-order valence-electron chi connectivity index (χ4n) is 2.17. The van der Waals surface area contributed by atoms with Gasteiger partial charge in [-0.25, -0.2) is 0 Å². The Hall–Kier alpha value is -1.07. The summed E-state index contributed by atoms with van der Waals surface area (Å²) in [5.41, 5.74) is 1.13. The Labute approximate surface area is 116 Å². The minimum atomic E-state index is 0.226. The molecule has 110 valence electrons. The van der Waals surface area contributed by atoms with Gasteiger partial charge in [0.25, 0.3) is 0 Å². The minimum Gasteiger partial charge on any atom is -0.493 e. The van der Waals surface area contributed by atoms with Crippen molar-refractivity contribution in [2.75, 3.05) is 27.4 Å². The summed E-state index contributed by atoms with van der Waals surface area (Å²) in [6.45, 7) is 6.94. The lowest BCUT2D eigenvalue weighted by Crippen LogP contribution is -2.26. The number of ether oxygens (including phenoxy) is 2. The molecule has 0 aliphatic rings. The van der Waals surface area contributed by atoms with Crippen LogP contribution in [0.5, 0.6) is 5.75 Å². The molecule has 0 amide bonds. The van der Waals surface area contributed by atoms with Gasteiger partial charge in [-0.15, -0.1) is 0 Å². The van der Waals surface area contributed by atoms with Crippen molar-refractivity contribution in [3.05, 3.63) is 11.9 Å². The molecule has 1 unspecified atom stereocenters. The van der Waals surface area contributed by atoms with E-state index >= 15 is 0 Å². The molecular formula is C14H27N3O2. The molecular weight excluding hydrogens is 242 g/mol. The number of hydrogen-bond acceptors (Lipinski definition) is 4. The molecule has 1 N–H and O–H groups in total. The molecule has 0 spiro atoms. The van der Waals surface area contributed by atoms with E-state index in [4.69, 9.17) is 9.47 Å². The highest BCUT2D eigenvalue weighted by atomic mass is 16.5. The van der Waals surface area contributed by atoms with E-state index in [1.54, 1.807) is 20.4 Å². The summed E-state index contributed by atoms with van der Waals surface area (Å²) < 4.78 is 12.7. The Kier molecular flexibility index (Phi) is 7.52. The van der Waals surface area contributed by atoms with Crippen LogP contribution in [0.15, 0.2) is 6.20 Å². The van der Waals surface area contributed by atoms with Gasteiger partial charge in [0.2, 0.25) is 0 Å². The highest BCUT2D eigenvalue weighted by molar-refractivity contribution is 5.28. The van der Waals surface area contributed by atoms with Crippen LogP contribution in [-0.4, -0.2) is 37.2 Å². The van der Waals surface area contributed by atoms with Crippen molar-refractivity contribution in [2.24, 2.45) is 0 Å². The molecule has 0 aliphatic heterocycles. The predicted octanol–water partition coefficient (Wildman–Crippen LogP) is 2.38. The largest absolute Gasteiger partial charge is 0.493 e.